The lowest BCUT2D eigenvalue weighted by Crippen LogP contribution is -2.18. The highest BCUT2D eigenvalue weighted by Crippen LogP contribution is 2.40. The van der Waals surface area contributed by atoms with Crippen LogP contribution in [0.1, 0.15) is 34.6 Å². The van der Waals surface area contributed by atoms with E-state index in [2.05, 4.69) is 0 Å². The third kappa shape index (κ3) is 2.85. The number of rotatable bonds is 2. The average molecular weight is 309 g/mol. The van der Waals surface area contributed by atoms with Crippen molar-refractivity contribution < 1.29 is 28.7 Å². The van der Waals surface area contributed by atoms with E-state index in [1.165, 1.54) is 0 Å². The number of halogens is 1. The first-order valence-corrected chi connectivity index (χ1v) is 6.19. The Hall–Kier alpha value is -2.47. The zero-order valence-electron chi connectivity index (χ0n) is 11.1. The standard InChI is InChI=1S/C14H9ClO6/c1-6(16)20-11-5-8(15)14(21-7(2)17)13-10(19)4-3-9(18)12(11)13/h3-5H,1-2H3. The van der Waals surface area contributed by atoms with Crippen LogP contribution in [-0.4, -0.2) is 23.5 Å². The molecule has 1 aromatic rings. The second-order valence-electron chi connectivity index (χ2n) is 4.18. The van der Waals surface area contributed by atoms with E-state index in [1.54, 1.807) is 0 Å². The Balaban J connectivity index is 2.76. The predicted octanol–water partition coefficient (Wildman–Crippen LogP) is 2.13. The maximum atomic E-state index is 12.0. The molecule has 0 saturated heterocycles. The highest BCUT2D eigenvalue weighted by atomic mass is 35.5. The third-order valence-electron chi connectivity index (χ3n) is 2.58. The molecule has 0 saturated carbocycles. The molecule has 1 aromatic carbocycles. The number of carbonyl (C=O) groups excluding carboxylic acids is 4. The van der Waals surface area contributed by atoms with Crippen molar-refractivity contribution in [3.8, 4) is 11.5 Å². The number of esters is 2. The van der Waals surface area contributed by atoms with Gasteiger partial charge in [0.05, 0.1) is 16.1 Å². The molecule has 0 spiro atoms. The minimum atomic E-state index is -0.700. The lowest BCUT2D eigenvalue weighted by molar-refractivity contribution is -0.133. The summed E-state index contributed by atoms with van der Waals surface area (Å²) in [6.07, 6.45) is 2.08. The van der Waals surface area contributed by atoms with Gasteiger partial charge in [0.2, 0.25) is 0 Å². The van der Waals surface area contributed by atoms with Gasteiger partial charge in [-0.1, -0.05) is 11.6 Å². The minimum absolute atomic E-state index is 0.114. The molecule has 0 amide bonds. The highest BCUT2D eigenvalue weighted by molar-refractivity contribution is 6.35. The predicted molar refractivity (Wildman–Crippen MR) is 71.9 cm³/mol. The first-order chi connectivity index (χ1) is 9.81. The van der Waals surface area contributed by atoms with E-state index in [1.807, 2.05) is 0 Å². The molecule has 0 unspecified atom stereocenters. The van der Waals surface area contributed by atoms with Crippen molar-refractivity contribution in [2.75, 3.05) is 0 Å². The maximum absolute atomic E-state index is 12.0. The normalized spacial score (nSPS) is 12.9. The highest BCUT2D eigenvalue weighted by Gasteiger charge is 2.31. The molecule has 21 heavy (non-hydrogen) atoms. The summed E-state index contributed by atoms with van der Waals surface area (Å²) in [5.41, 5.74) is -0.347. The topological polar surface area (TPSA) is 86.7 Å². The lowest BCUT2D eigenvalue weighted by Gasteiger charge is -2.17. The van der Waals surface area contributed by atoms with Crippen molar-refractivity contribution in [2.45, 2.75) is 13.8 Å². The van der Waals surface area contributed by atoms with Gasteiger partial charge in [-0.2, -0.15) is 0 Å². The average Bonchev–Trinajstić information content (AvgIpc) is 2.36. The first-order valence-electron chi connectivity index (χ1n) is 5.81. The van der Waals surface area contributed by atoms with Crippen molar-refractivity contribution in [2.24, 2.45) is 0 Å². The molecular formula is C14H9ClO6. The fourth-order valence-corrected chi connectivity index (χ4v) is 2.12. The van der Waals surface area contributed by atoms with Gasteiger partial charge in [-0.15, -0.1) is 0 Å². The Morgan fingerprint density at radius 1 is 0.952 bits per heavy atom. The summed E-state index contributed by atoms with van der Waals surface area (Å²) in [6.45, 7) is 2.28. The van der Waals surface area contributed by atoms with Gasteiger partial charge in [0, 0.05) is 19.9 Å². The molecule has 1 aliphatic carbocycles. The van der Waals surface area contributed by atoms with Crippen LogP contribution in [0.5, 0.6) is 11.5 Å². The second-order valence-corrected chi connectivity index (χ2v) is 4.59. The summed E-state index contributed by atoms with van der Waals surface area (Å²) < 4.78 is 9.81. The number of ketones is 2. The molecule has 0 aliphatic heterocycles. The Morgan fingerprint density at radius 3 is 2.00 bits per heavy atom. The van der Waals surface area contributed by atoms with Crippen LogP contribution in [-0.2, 0) is 9.59 Å². The van der Waals surface area contributed by atoms with Crippen LogP contribution in [0.3, 0.4) is 0 Å². The molecule has 0 N–H and O–H groups in total. The van der Waals surface area contributed by atoms with Crippen LogP contribution >= 0.6 is 11.6 Å². The fraction of sp³-hybridized carbons (Fsp3) is 0.143. The molecule has 0 fully saturated rings. The van der Waals surface area contributed by atoms with Crippen LogP contribution in [0.25, 0.3) is 0 Å². The molecule has 1 aliphatic rings. The molecule has 6 nitrogen and oxygen atoms in total. The van der Waals surface area contributed by atoms with Gasteiger partial charge in [-0.25, -0.2) is 0 Å². The van der Waals surface area contributed by atoms with Gasteiger partial charge < -0.3 is 9.47 Å². The van der Waals surface area contributed by atoms with Crippen LogP contribution in [0, 0.1) is 0 Å². The zero-order valence-corrected chi connectivity index (χ0v) is 11.8. The van der Waals surface area contributed by atoms with E-state index in [-0.39, 0.29) is 27.6 Å². The van der Waals surface area contributed by atoms with Crippen molar-refractivity contribution in [3.63, 3.8) is 0 Å². The number of allylic oxidation sites excluding steroid dienone is 2. The maximum Gasteiger partial charge on any atom is 0.308 e. The molecular weight excluding hydrogens is 300 g/mol. The van der Waals surface area contributed by atoms with Gasteiger partial charge in [0.25, 0.3) is 0 Å². The monoisotopic (exact) mass is 308 g/mol. The Kier molecular flexibility index (Phi) is 3.90. The lowest BCUT2D eigenvalue weighted by atomic mass is 9.93. The Labute approximate surface area is 124 Å². The second kappa shape index (κ2) is 5.49. The van der Waals surface area contributed by atoms with E-state index < -0.39 is 23.5 Å². The zero-order chi connectivity index (χ0) is 15.7. The number of ether oxygens (including phenoxy) is 2. The largest absolute Gasteiger partial charge is 0.426 e. The van der Waals surface area contributed by atoms with Crippen molar-refractivity contribution in [1.82, 2.24) is 0 Å². The van der Waals surface area contributed by atoms with Crippen molar-refractivity contribution in [3.05, 3.63) is 34.4 Å². The van der Waals surface area contributed by atoms with E-state index in [4.69, 9.17) is 21.1 Å². The fourth-order valence-electron chi connectivity index (χ4n) is 1.89. The molecule has 108 valence electrons. The quantitative estimate of drug-likeness (QED) is 0.614. The van der Waals surface area contributed by atoms with Crippen LogP contribution in [0.15, 0.2) is 18.2 Å². The molecule has 0 radical (unpaired) electrons. The molecule has 0 heterocycles. The molecule has 0 aromatic heterocycles. The van der Waals surface area contributed by atoms with Crippen molar-refractivity contribution >= 4 is 35.1 Å². The van der Waals surface area contributed by atoms with E-state index >= 15 is 0 Å². The van der Waals surface area contributed by atoms with Gasteiger partial charge in [0.1, 0.15) is 5.75 Å². The van der Waals surface area contributed by atoms with Gasteiger partial charge in [-0.3, -0.25) is 19.2 Å². The number of fused-ring (bicyclic) bond motifs is 1. The summed E-state index contributed by atoms with van der Waals surface area (Å²) >= 11 is 5.95. The SMILES string of the molecule is CC(=O)Oc1cc(Cl)c(OC(C)=O)c2c1C(=O)C=CC2=O. The van der Waals surface area contributed by atoms with E-state index in [0.29, 0.717) is 0 Å². The van der Waals surface area contributed by atoms with E-state index in [0.717, 1.165) is 32.1 Å². The molecule has 0 bridgehead atoms. The van der Waals surface area contributed by atoms with Crippen LogP contribution < -0.4 is 9.47 Å². The van der Waals surface area contributed by atoms with Crippen molar-refractivity contribution in [1.29, 1.82) is 0 Å². The minimum Gasteiger partial charge on any atom is -0.426 e. The van der Waals surface area contributed by atoms with E-state index in [9.17, 15) is 19.2 Å². The van der Waals surface area contributed by atoms with Crippen LogP contribution in [0.4, 0.5) is 0 Å². The number of hydrogen-bond acceptors (Lipinski definition) is 6. The number of hydrogen-bond donors (Lipinski definition) is 0. The molecule has 2 rings (SSSR count). The summed E-state index contributed by atoms with van der Waals surface area (Å²) in [4.78, 5) is 46.2. The molecule has 0 atom stereocenters. The van der Waals surface area contributed by atoms with Crippen LogP contribution in [0.2, 0.25) is 5.02 Å². The number of carbonyl (C=O) groups is 4. The summed E-state index contributed by atoms with van der Waals surface area (Å²) in [6, 6.07) is 1.16. The Morgan fingerprint density at radius 2 is 1.48 bits per heavy atom. The number of benzene rings is 1. The van der Waals surface area contributed by atoms with Gasteiger partial charge in [-0.05, 0) is 12.2 Å². The first kappa shape index (κ1) is 14.9. The summed E-state index contributed by atoms with van der Waals surface area (Å²) in [5.74, 6) is -2.88. The molecule has 7 heteroatoms. The van der Waals surface area contributed by atoms with Gasteiger partial charge >= 0.3 is 11.9 Å². The third-order valence-corrected chi connectivity index (χ3v) is 2.86. The van der Waals surface area contributed by atoms with Gasteiger partial charge in [0.15, 0.2) is 17.3 Å². The summed E-state index contributed by atoms with van der Waals surface area (Å²) in [7, 11) is 0. The smallest absolute Gasteiger partial charge is 0.308 e. The Bertz CT molecular complexity index is 717. The summed E-state index contributed by atoms with van der Waals surface area (Å²) in [5, 5.41) is -0.114.